The Hall–Kier alpha value is -3.29. The first-order chi connectivity index (χ1) is 16.0. The topological polar surface area (TPSA) is 57.2 Å². The highest BCUT2D eigenvalue weighted by atomic mass is 32.1. The SMILES string of the molecule is COc1ccc(CN2COc3c(cc4c(c3C)O/C(=C\c3sccc3C)C4=O)C2)cc1OC. The molecule has 0 saturated heterocycles. The van der Waals surface area contributed by atoms with Crippen LogP contribution in [0.3, 0.4) is 0 Å². The van der Waals surface area contributed by atoms with Gasteiger partial charge in [0, 0.05) is 35.2 Å². The number of Topliss-reactive ketones (excluding diaryl/α,β-unsaturated/α-hetero) is 1. The third-order valence-electron chi connectivity index (χ3n) is 6.02. The molecule has 0 saturated carbocycles. The number of thiophene rings is 1. The average Bonchev–Trinajstić information content (AvgIpc) is 3.37. The molecular weight excluding hydrogens is 438 g/mol. The predicted octanol–water partition coefficient (Wildman–Crippen LogP) is 5.35. The maximum absolute atomic E-state index is 13.1. The van der Waals surface area contributed by atoms with Crippen LogP contribution in [-0.4, -0.2) is 31.6 Å². The molecule has 0 aliphatic carbocycles. The van der Waals surface area contributed by atoms with E-state index in [4.69, 9.17) is 18.9 Å². The lowest BCUT2D eigenvalue weighted by molar-refractivity contribution is 0.0876. The Morgan fingerprint density at radius 3 is 2.64 bits per heavy atom. The van der Waals surface area contributed by atoms with Crippen molar-refractivity contribution in [2.45, 2.75) is 26.9 Å². The number of allylic oxidation sites excluding steroid dienone is 1. The number of rotatable bonds is 5. The molecule has 0 N–H and O–H groups in total. The largest absolute Gasteiger partial charge is 0.493 e. The molecule has 7 heteroatoms. The van der Waals surface area contributed by atoms with Gasteiger partial charge < -0.3 is 18.9 Å². The van der Waals surface area contributed by atoms with Gasteiger partial charge >= 0.3 is 0 Å². The fraction of sp³-hybridized carbons (Fsp3) is 0.269. The summed E-state index contributed by atoms with van der Waals surface area (Å²) >= 11 is 1.60. The van der Waals surface area contributed by atoms with E-state index in [-0.39, 0.29) is 5.78 Å². The predicted molar refractivity (Wildman–Crippen MR) is 127 cm³/mol. The summed E-state index contributed by atoms with van der Waals surface area (Å²) in [4.78, 5) is 16.3. The van der Waals surface area contributed by atoms with Crippen molar-refractivity contribution in [2.75, 3.05) is 21.0 Å². The molecule has 1 aromatic heterocycles. The van der Waals surface area contributed by atoms with Gasteiger partial charge in [-0.25, -0.2) is 0 Å². The normalized spacial score (nSPS) is 16.2. The van der Waals surface area contributed by atoms with Gasteiger partial charge in [-0.2, -0.15) is 0 Å². The zero-order chi connectivity index (χ0) is 23.1. The van der Waals surface area contributed by atoms with Gasteiger partial charge in [0.2, 0.25) is 5.78 Å². The van der Waals surface area contributed by atoms with Gasteiger partial charge in [-0.1, -0.05) is 6.07 Å². The molecule has 5 rings (SSSR count). The van der Waals surface area contributed by atoms with Crippen LogP contribution in [0, 0.1) is 13.8 Å². The monoisotopic (exact) mass is 463 g/mol. The van der Waals surface area contributed by atoms with Crippen molar-refractivity contribution in [1.29, 1.82) is 0 Å². The van der Waals surface area contributed by atoms with Crippen LogP contribution in [0.4, 0.5) is 0 Å². The molecule has 3 aromatic rings. The molecule has 0 spiro atoms. The fourth-order valence-electron chi connectivity index (χ4n) is 4.29. The van der Waals surface area contributed by atoms with E-state index in [0.29, 0.717) is 48.4 Å². The molecular formula is C26H25NO5S. The first-order valence-electron chi connectivity index (χ1n) is 10.7. The number of ether oxygens (including phenoxy) is 4. The highest BCUT2D eigenvalue weighted by Crippen LogP contribution is 2.43. The molecule has 0 fully saturated rings. The molecule has 2 aliphatic rings. The van der Waals surface area contributed by atoms with E-state index in [1.165, 1.54) is 0 Å². The van der Waals surface area contributed by atoms with Crippen molar-refractivity contribution in [1.82, 2.24) is 4.90 Å². The van der Waals surface area contributed by atoms with Gasteiger partial charge in [0.25, 0.3) is 0 Å². The van der Waals surface area contributed by atoms with Gasteiger partial charge in [-0.05, 0) is 54.6 Å². The summed E-state index contributed by atoms with van der Waals surface area (Å²) in [6.45, 7) is 5.79. The number of carbonyl (C=O) groups excluding carboxylic acids is 1. The maximum atomic E-state index is 13.1. The van der Waals surface area contributed by atoms with E-state index in [1.807, 2.05) is 55.6 Å². The molecule has 2 aliphatic heterocycles. The van der Waals surface area contributed by atoms with Crippen LogP contribution in [0.25, 0.3) is 6.08 Å². The van der Waals surface area contributed by atoms with Crippen LogP contribution in [0.5, 0.6) is 23.0 Å². The average molecular weight is 464 g/mol. The van der Waals surface area contributed by atoms with E-state index in [1.54, 1.807) is 25.6 Å². The van der Waals surface area contributed by atoms with Crippen LogP contribution in [0.1, 0.15) is 37.5 Å². The smallest absolute Gasteiger partial charge is 0.232 e. The van der Waals surface area contributed by atoms with E-state index in [0.717, 1.165) is 32.9 Å². The van der Waals surface area contributed by atoms with Crippen LogP contribution in [0.15, 0.2) is 41.5 Å². The Morgan fingerprint density at radius 1 is 1.09 bits per heavy atom. The third-order valence-corrected chi connectivity index (χ3v) is 6.99. The summed E-state index contributed by atoms with van der Waals surface area (Å²) in [5.74, 6) is 3.09. The standard InChI is InChI=1S/C26H25NO5S/c1-15-7-8-33-23(15)11-22-24(28)19-10-18-13-27(14-31-25(18)16(2)26(19)32-22)12-17-5-6-20(29-3)21(9-17)30-4/h5-11H,12-14H2,1-4H3/b22-11-. The number of nitrogens with zero attached hydrogens (tertiary/aromatic N) is 1. The number of aryl methyl sites for hydroxylation is 1. The minimum atomic E-state index is -0.0827. The molecule has 0 bridgehead atoms. The zero-order valence-electron chi connectivity index (χ0n) is 19.1. The molecule has 6 nitrogen and oxygen atoms in total. The summed E-state index contributed by atoms with van der Waals surface area (Å²) in [6.07, 6.45) is 1.84. The summed E-state index contributed by atoms with van der Waals surface area (Å²) in [6, 6.07) is 9.86. The Balaban J connectivity index is 1.40. The van der Waals surface area contributed by atoms with Crippen molar-refractivity contribution < 1.29 is 23.7 Å². The Labute approximate surface area is 197 Å². The van der Waals surface area contributed by atoms with Crippen LogP contribution in [-0.2, 0) is 13.1 Å². The molecule has 2 aromatic carbocycles. The lowest BCUT2D eigenvalue weighted by Gasteiger charge is -2.30. The van der Waals surface area contributed by atoms with Crippen LogP contribution in [0.2, 0.25) is 0 Å². The zero-order valence-corrected chi connectivity index (χ0v) is 19.9. The van der Waals surface area contributed by atoms with E-state index >= 15 is 0 Å². The first-order valence-corrected chi connectivity index (χ1v) is 11.6. The van der Waals surface area contributed by atoms with Gasteiger partial charge in [-0.15, -0.1) is 11.3 Å². The summed E-state index contributed by atoms with van der Waals surface area (Å²) in [5, 5.41) is 2.01. The number of hydrogen-bond donors (Lipinski definition) is 0. The summed E-state index contributed by atoms with van der Waals surface area (Å²) in [7, 11) is 3.26. The quantitative estimate of drug-likeness (QED) is 0.476. The van der Waals surface area contributed by atoms with Crippen molar-refractivity contribution in [3.63, 3.8) is 0 Å². The maximum Gasteiger partial charge on any atom is 0.232 e. The minimum absolute atomic E-state index is 0.0827. The number of carbonyl (C=O) groups is 1. The van der Waals surface area contributed by atoms with Gasteiger partial charge in [0.05, 0.1) is 19.8 Å². The molecule has 33 heavy (non-hydrogen) atoms. The van der Waals surface area contributed by atoms with Gasteiger partial charge in [0.1, 0.15) is 18.2 Å². The second-order valence-corrected chi connectivity index (χ2v) is 9.17. The second-order valence-electron chi connectivity index (χ2n) is 8.22. The van der Waals surface area contributed by atoms with E-state index in [2.05, 4.69) is 4.90 Å². The molecule has 170 valence electrons. The Kier molecular flexibility index (Phi) is 5.60. The lowest BCUT2D eigenvalue weighted by Crippen LogP contribution is -2.32. The Bertz CT molecular complexity index is 1280. The highest BCUT2D eigenvalue weighted by molar-refractivity contribution is 7.11. The van der Waals surface area contributed by atoms with Crippen LogP contribution >= 0.6 is 11.3 Å². The fourth-order valence-corrected chi connectivity index (χ4v) is 5.13. The van der Waals surface area contributed by atoms with Crippen molar-refractivity contribution in [3.8, 4) is 23.0 Å². The number of methoxy groups -OCH3 is 2. The molecule has 0 unspecified atom stereocenters. The highest BCUT2D eigenvalue weighted by Gasteiger charge is 2.33. The van der Waals surface area contributed by atoms with Gasteiger partial charge in [-0.3, -0.25) is 9.69 Å². The number of hydrogen-bond acceptors (Lipinski definition) is 7. The van der Waals surface area contributed by atoms with Crippen molar-refractivity contribution in [3.05, 3.63) is 74.2 Å². The van der Waals surface area contributed by atoms with E-state index in [9.17, 15) is 4.79 Å². The van der Waals surface area contributed by atoms with E-state index < -0.39 is 0 Å². The van der Waals surface area contributed by atoms with Gasteiger partial charge in [0.15, 0.2) is 17.3 Å². The molecule has 0 radical (unpaired) electrons. The first kappa shape index (κ1) is 21.6. The second kappa shape index (κ2) is 8.57. The van der Waals surface area contributed by atoms with Crippen molar-refractivity contribution in [2.24, 2.45) is 0 Å². The van der Waals surface area contributed by atoms with Crippen molar-refractivity contribution >= 4 is 23.2 Å². The molecule has 3 heterocycles. The summed E-state index contributed by atoms with van der Waals surface area (Å²) in [5.41, 5.74) is 4.68. The summed E-state index contributed by atoms with van der Waals surface area (Å²) < 4.78 is 22.9. The molecule has 0 amide bonds. The molecule has 0 atom stereocenters. The number of benzene rings is 2. The Morgan fingerprint density at radius 2 is 1.91 bits per heavy atom. The van der Waals surface area contributed by atoms with Crippen LogP contribution < -0.4 is 18.9 Å². The minimum Gasteiger partial charge on any atom is -0.493 e. The lowest BCUT2D eigenvalue weighted by atomic mass is 10.00. The number of fused-ring (bicyclic) bond motifs is 2. The third kappa shape index (κ3) is 3.87. The number of ketones is 1.